The van der Waals surface area contributed by atoms with Gasteiger partial charge in [0.05, 0.1) is 0 Å². The molecule has 0 aliphatic rings. The summed E-state index contributed by atoms with van der Waals surface area (Å²) < 4.78 is 18.9. The highest BCUT2D eigenvalue weighted by Gasteiger charge is 2.50. The van der Waals surface area contributed by atoms with Gasteiger partial charge in [-0.15, -0.1) is 0 Å². The molecule has 0 aliphatic carbocycles. The Morgan fingerprint density at radius 1 is 0.727 bits per heavy atom. The van der Waals surface area contributed by atoms with Gasteiger partial charge in [0.15, 0.2) is 8.32 Å². The number of unbranched alkanes of at least 4 members (excludes halogenated alkanes) is 2. The second-order valence-electron chi connectivity index (χ2n) is 7.17. The van der Waals surface area contributed by atoms with Crippen molar-refractivity contribution >= 4 is 23.5 Å². The van der Waals surface area contributed by atoms with Crippen LogP contribution >= 0.6 is 0 Å². The van der Waals surface area contributed by atoms with E-state index in [2.05, 4.69) is 55.4 Å². The van der Waals surface area contributed by atoms with Gasteiger partial charge in [-0.1, -0.05) is 68.2 Å². The standard InChI is InChI=1S/C9H21OSi.2C4H9O.Al/c1-7(2)11(10,8(3)4)9(5)6;2*1-2-3-4-5;/h7-9H,1-6H3;2*2-4H2,1H3;/q3*-1;+3. The van der Waals surface area contributed by atoms with Crippen molar-refractivity contribution in [3.05, 3.63) is 0 Å². The van der Waals surface area contributed by atoms with Gasteiger partial charge in [-0.3, -0.25) is 0 Å². The van der Waals surface area contributed by atoms with Crippen molar-refractivity contribution in [2.45, 2.75) is 97.7 Å². The molecule has 0 heterocycles. The van der Waals surface area contributed by atoms with Crippen molar-refractivity contribution in [2.75, 3.05) is 13.2 Å². The summed E-state index contributed by atoms with van der Waals surface area (Å²) in [5, 5.41) is 0. The lowest BCUT2D eigenvalue weighted by atomic mass is 10.4. The van der Waals surface area contributed by atoms with E-state index in [1.807, 2.05) is 0 Å². The van der Waals surface area contributed by atoms with Crippen LogP contribution in [0.1, 0.15) is 81.1 Å². The zero-order chi connectivity index (χ0) is 17.2. The van der Waals surface area contributed by atoms with E-state index in [1.165, 1.54) is 0 Å². The van der Waals surface area contributed by atoms with Gasteiger partial charge in [0.1, 0.15) is 0 Å². The molecular formula is C17H39AlO3Si. The normalized spacial score (nSPS) is 12.7. The lowest BCUT2D eigenvalue weighted by Gasteiger charge is -2.44. The fourth-order valence-corrected chi connectivity index (χ4v) is 13.3. The van der Waals surface area contributed by atoms with E-state index < -0.39 is 23.5 Å². The summed E-state index contributed by atoms with van der Waals surface area (Å²) in [5.74, 6) is 0. The highest BCUT2D eigenvalue weighted by molar-refractivity contribution is 6.81. The smallest absolute Gasteiger partial charge is 0.498 e. The van der Waals surface area contributed by atoms with E-state index in [0.29, 0.717) is 16.6 Å². The average molecular weight is 347 g/mol. The second-order valence-corrected chi connectivity index (χ2v) is 14.5. The Labute approximate surface area is 145 Å². The molecule has 0 spiro atoms. The molecule has 0 saturated carbocycles. The summed E-state index contributed by atoms with van der Waals surface area (Å²) in [4.78, 5) is 0. The van der Waals surface area contributed by atoms with Gasteiger partial charge in [0, 0.05) is 13.2 Å². The van der Waals surface area contributed by atoms with Gasteiger partial charge in [0.2, 0.25) is 0 Å². The Kier molecular flexibility index (Phi) is 12.4. The molecule has 5 heteroatoms. The van der Waals surface area contributed by atoms with Gasteiger partial charge in [0.25, 0.3) is 0 Å². The summed E-state index contributed by atoms with van der Waals surface area (Å²) in [6.45, 7) is 19.8. The molecule has 0 rings (SSSR count). The van der Waals surface area contributed by atoms with Crippen LogP contribution in [0.5, 0.6) is 0 Å². The van der Waals surface area contributed by atoms with Crippen LogP contribution < -0.4 is 0 Å². The molecule has 0 amide bonds. The van der Waals surface area contributed by atoms with Gasteiger partial charge < -0.3 is 11.1 Å². The van der Waals surface area contributed by atoms with Crippen molar-refractivity contribution in [1.29, 1.82) is 0 Å². The average Bonchev–Trinajstić information content (AvgIpc) is 2.43. The van der Waals surface area contributed by atoms with Crippen molar-refractivity contribution in [2.24, 2.45) is 0 Å². The molecular weight excluding hydrogens is 307 g/mol. The van der Waals surface area contributed by atoms with E-state index in [9.17, 15) is 0 Å². The molecule has 0 aromatic rings. The molecule has 0 aromatic heterocycles. The maximum Gasteiger partial charge on any atom is 0.894 e. The van der Waals surface area contributed by atoms with Gasteiger partial charge in [-0.05, 0) is 29.5 Å². The monoisotopic (exact) mass is 346 g/mol. The first-order valence-electron chi connectivity index (χ1n) is 9.23. The Bertz CT molecular complexity index is 241. The van der Waals surface area contributed by atoms with Crippen LogP contribution in [0.15, 0.2) is 0 Å². The van der Waals surface area contributed by atoms with E-state index in [4.69, 9.17) is 11.1 Å². The quantitative estimate of drug-likeness (QED) is 0.312. The topological polar surface area (TPSA) is 27.7 Å². The largest absolute Gasteiger partial charge is 0.894 e. The highest BCUT2D eigenvalue weighted by Crippen LogP contribution is 2.42. The summed E-state index contributed by atoms with van der Waals surface area (Å²) in [6.07, 6.45) is 4.47. The van der Waals surface area contributed by atoms with E-state index in [1.54, 1.807) is 0 Å². The van der Waals surface area contributed by atoms with Crippen LogP contribution in [0.2, 0.25) is 16.6 Å². The van der Waals surface area contributed by atoms with Crippen LogP contribution in [0, 0.1) is 0 Å². The molecule has 0 aliphatic heterocycles. The Balaban J connectivity index is 4.99. The predicted molar refractivity (Wildman–Crippen MR) is 99.6 cm³/mol. The molecule has 0 atom stereocenters. The first-order valence-corrected chi connectivity index (χ1v) is 12.8. The van der Waals surface area contributed by atoms with Crippen LogP contribution in [0.25, 0.3) is 0 Å². The van der Waals surface area contributed by atoms with E-state index in [-0.39, 0.29) is 0 Å². The van der Waals surface area contributed by atoms with Crippen molar-refractivity contribution in [3.8, 4) is 0 Å². The summed E-state index contributed by atoms with van der Waals surface area (Å²) >= 11 is -2.03. The number of hydrogen-bond donors (Lipinski definition) is 0. The predicted octanol–water partition coefficient (Wildman–Crippen LogP) is 5.80. The van der Waals surface area contributed by atoms with Crippen LogP contribution in [0.3, 0.4) is 0 Å². The van der Waals surface area contributed by atoms with Gasteiger partial charge in [-0.2, -0.15) is 0 Å². The maximum absolute atomic E-state index is 6.75. The summed E-state index contributed by atoms with van der Waals surface area (Å²) in [6, 6.07) is 0. The van der Waals surface area contributed by atoms with Crippen molar-refractivity contribution < 1.29 is 11.1 Å². The Morgan fingerprint density at radius 3 is 1.36 bits per heavy atom. The van der Waals surface area contributed by atoms with Crippen molar-refractivity contribution in [1.82, 2.24) is 0 Å². The van der Waals surface area contributed by atoms with Crippen LogP contribution in [-0.4, -0.2) is 36.7 Å². The number of hydrogen-bond acceptors (Lipinski definition) is 3. The maximum atomic E-state index is 6.75. The first-order chi connectivity index (χ1) is 10.3. The zero-order valence-corrected chi connectivity index (χ0v) is 18.4. The third kappa shape index (κ3) is 7.03. The molecule has 132 valence electrons. The molecule has 0 unspecified atom stereocenters. The van der Waals surface area contributed by atoms with Crippen LogP contribution in [0.4, 0.5) is 0 Å². The Hall–Kier alpha value is 0.629. The minimum atomic E-state index is -2.03. The van der Waals surface area contributed by atoms with Gasteiger partial charge in [-0.25, -0.2) is 0 Å². The molecule has 3 nitrogen and oxygen atoms in total. The van der Waals surface area contributed by atoms with Gasteiger partial charge >= 0.3 is 15.1 Å². The molecule has 0 N–H and O–H groups in total. The fraction of sp³-hybridized carbons (Fsp3) is 1.00. The molecule has 22 heavy (non-hydrogen) atoms. The molecule has 0 aromatic carbocycles. The summed E-state index contributed by atoms with van der Waals surface area (Å²) in [7, 11) is -1.90. The Morgan fingerprint density at radius 2 is 1.09 bits per heavy atom. The molecule has 0 radical (unpaired) electrons. The highest BCUT2D eigenvalue weighted by atomic mass is 28.4. The number of rotatable bonds is 13. The zero-order valence-electron chi connectivity index (χ0n) is 16.3. The van der Waals surface area contributed by atoms with E-state index >= 15 is 0 Å². The first kappa shape index (κ1) is 22.6. The fourth-order valence-electron chi connectivity index (χ4n) is 3.34. The van der Waals surface area contributed by atoms with Crippen LogP contribution in [-0.2, 0) is 11.1 Å². The third-order valence-electron chi connectivity index (χ3n) is 4.51. The summed E-state index contributed by atoms with van der Waals surface area (Å²) in [5.41, 5.74) is 1.73. The lowest BCUT2D eigenvalue weighted by molar-refractivity contribution is 0.130. The minimum absolute atomic E-state index is 0.576. The minimum Gasteiger partial charge on any atom is -0.498 e. The molecule has 0 saturated heterocycles. The van der Waals surface area contributed by atoms with E-state index in [0.717, 1.165) is 38.9 Å². The SMILES string of the molecule is CCCC[O][Al]([O]CCCC)[O][Si](C(C)C)(C(C)C)C(C)C. The lowest BCUT2D eigenvalue weighted by Crippen LogP contribution is -2.53. The third-order valence-corrected chi connectivity index (χ3v) is 13.3. The van der Waals surface area contributed by atoms with Crippen molar-refractivity contribution in [3.63, 3.8) is 0 Å². The molecule has 0 fully saturated rings. The molecule has 0 bridgehead atoms. The second kappa shape index (κ2) is 12.1.